The van der Waals surface area contributed by atoms with Crippen molar-refractivity contribution in [2.24, 2.45) is 28.7 Å². The Balaban J connectivity index is 2.53. The summed E-state index contributed by atoms with van der Waals surface area (Å²) in [5.41, 5.74) is 30.6. The number of carbonyl (C=O) groups excluding carboxylic acids is 3. The minimum Gasteiger partial charge on any atom is -0.388 e. The van der Waals surface area contributed by atoms with Gasteiger partial charge >= 0.3 is 0 Å². The zero-order chi connectivity index (χ0) is 36.4. The molecule has 0 spiro atoms. The van der Waals surface area contributed by atoms with Gasteiger partial charge in [0.15, 0.2) is 0 Å². The third kappa shape index (κ3) is 21.9. The van der Waals surface area contributed by atoms with Gasteiger partial charge in [0.2, 0.25) is 17.7 Å². The van der Waals surface area contributed by atoms with Crippen LogP contribution in [0.4, 0.5) is 5.69 Å². The fourth-order valence-corrected chi connectivity index (χ4v) is 5.28. The standard InChI is InChI=1S/C35H65N11O3/c1-2-28(36)35(49)45-27-19-17-26(18-20-27)12-9-23-46(24-10-21-43-33(47)29(37)13-5-3-7-15-31(39)40)25-11-22-44-34(48)30(38)14-6-4-8-16-32(41)42/h17-20,28-30H,2-16,21-25,36-38H2,1H3,(H3,39,40)(H3,41,42)(H,43,47)(H,44,48)(H,45,49)/t28-,29-,30-/m0/s1. The molecule has 0 aromatic heterocycles. The Labute approximate surface area is 293 Å². The van der Waals surface area contributed by atoms with Crippen molar-refractivity contribution in [1.29, 1.82) is 10.8 Å². The number of rotatable bonds is 29. The lowest BCUT2D eigenvalue weighted by Gasteiger charge is -2.23. The molecule has 0 heterocycles. The summed E-state index contributed by atoms with van der Waals surface area (Å²) in [7, 11) is 0. The van der Waals surface area contributed by atoms with E-state index in [4.69, 9.17) is 39.5 Å². The summed E-state index contributed by atoms with van der Waals surface area (Å²) in [6.45, 7) is 5.36. The highest BCUT2D eigenvalue weighted by Gasteiger charge is 2.15. The van der Waals surface area contributed by atoms with Crippen LogP contribution in [0.15, 0.2) is 24.3 Å². The molecule has 15 N–H and O–H groups in total. The molecule has 1 aromatic carbocycles. The van der Waals surface area contributed by atoms with Gasteiger partial charge in [-0.1, -0.05) is 44.7 Å². The second-order valence-corrected chi connectivity index (χ2v) is 12.9. The van der Waals surface area contributed by atoms with E-state index in [1.54, 1.807) is 0 Å². The zero-order valence-corrected chi connectivity index (χ0v) is 29.7. The van der Waals surface area contributed by atoms with Crippen LogP contribution in [0.3, 0.4) is 0 Å². The fourth-order valence-electron chi connectivity index (χ4n) is 5.28. The lowest BCUT2D eigenvalue weighted by molar-refractivity contribution is -0.123. The van der Waals surface area contributed by atoms with Gasteiger partial charge < -0.3 is 49.5 Å². The van der Waals surface area contributed by atoms with E-state index in [2.05, 4.69) is 20.9 Å². The van der Waals surface area contributed by atoms with E-state index in [9.17, 15) is 14.4 Å². The van der Waals surface area contributed by atoms with Gasteiger partial charge in [-0.05, 0) is 95.1 Å². The SMILES string of the molecule is CC[C@H](N)C(=O)Nc1ccc(CCCN(CCCNC(=O)[C@@H](N)CCCCCC(=N)N)CCCNC(=O)[C@@H](N)CCCCCC(=N)N)cc1. The molecule has 3 atom stereocenters. The Kier molecular flexibility index (Phi) is 23.3. The number of benzene rings is 1. The molecule has 0 saturated heterocycles. The summed E-state index contributed by atoms with van der Waals surface area (Å²) in [4.78, 5) is 39.4. The van der Waals surface area contributed by atoms with E-state index in [1.165, 1.54) is 5.56 Å². The number of nitrogens with zero attached hydrogens (tertiary/aromatic N) is 1. The van der Waals surface area contributed by atoms with E-state index < -0.39 is 18.1 Å². The smallest absolute Gasteiger partial charge is 0.241 e. The van der Waals surface area contributed by atoms with E-state index >= 15 is 0 Å². The van der Waals surface area contributed by atoms with Gasteiger partial charge in [0.1, 0.15) is 0 Å². The first-order chi connectivity index (χ1) is 23.4. The first-order valence-electron chi connectivity index (χ1n) is 18.0. The molecule has 0 aliphatic heterocycles. The van der Waals surface area contributed by atoms with Crippen LogP contribution < -0.4 is 44.6 Å². The van der Waals surface area contributed by atoms with Crippen molar-refractivity contribution in [1.82, 2.24) is 15.5 Å². The van der Waals surface area contributed by atoms with Crippen LogP contribution in [0.5, 0.6) is 0 Å². The molecule has 278 valence electrons. The molecule has 0 unspecified atom stereocenters. The van der Waals surface area contributed by atoms with Gasteiger partial charge in [-0.3, -0.25) is 25.2 Å². The molecule has 1 rings (SSSR count). The maximum atomic E-state index is 12.5. The molecule has 0 fully saturated rings. The molecule has 14 nitrogen and oxygen atoms in total. The third-order valence-electron chi connectivity index (χ3n) is 8.43. The molecule has 0 saturated carbocycles. The van der Waals surface area contributed by atoms with Gasteiger partial charge in [-0.15, -0.1) is 0 Å². The summed E-state index contributed by atoms with van der Waals surface area (Å²) in [6.07, 6.45) is 11.3. The number of unbranched alkanes of at least 4 members (excludes halogenated alkanes) is 4. The van der Waals surface area contributed by atoms with E-state index in [0.29, 0.717) is 45.2 Å². The average Bonchev–Trinajstić information content (AvgIpc) is 3.07. The number of aryl methyl sites for hydroxylation is 1. The normalized spacial score (nSPS) is 13.0. The average molecular weight is 688 g/mol. The Morgan fingerprint density at radius 1 is 0.653 bits per heavy atom. The molecule has 3 amide bonds. The Morgan fingerprint density at radius 2 is 1.12 bits per heavy atom. The number of anilines is 1. The first kappa shape index (κ1) is 43.4. The maximum Gasteiger partial charge on any atom is 0.241 e. The molecule has 0 bridgehead atoms. The minimum atomic E-state index is -0.549. The van der Waals surface area contributed by atoms with E-state index in [-0.39, 0.29) is 29.4 Å². The summed E-state index contributed by atoms with van der Waals surface area (Å²) < 4.78 is 0. The maximum absolute atomic E-state index is 12.5. The third-order valence-corrected chi connectivity index (χ3v) is 8.43. The highest BCUT2D eigenvalue weighted by molar-refractivity contribution is 5.94. The zero-order valence-electron chi connectivity index (χ0n) is 29.7. The Hall–Kier alpha value is -3.59. The molecule has 0 radical (unpaired) electrons. The fraction of sp³-hybridized carbons (Fsp3) is 0.686. The topological polar surface area (TPSA) is 268 Å². The highest BCUT2D eigenvalue weighted by atomic mass is 16.2. The van der Waals surface area contributed by atoms with E-state index in [0.717, 1.165) is 89.5 Å². The molecule has 49 heavy (non-hydrogen) atoms. The number of amides is 3. The lowest BCUT2D eigenvalue weighted by Crippen LogP contribution is -2.42. The van der Waals surface area contributed by atoms with Crippen LogP contribution in [0.1, 0.15) is 102 Å². The van der Waals surface area contributed by atoms with Crippen molar-refractivity contribution >= 4 is 35.1 Å². The van der Waals surface area contributed by atoms with Gasteiger partial charge in [0.05, 0.1) is 29.8 Å². The summed E-state index contributed by atoms with van der Waals surface area (Å²) in [6, 6.07) is 6.20. The molecule has 0 aliphatic rings. The lowest BCUT2D eigenvalue weighted by atomic mass is 10.1. The minimum absolute atomic E-state index is 0.146. The van der Waals surface area contributed by atoms with Gasteiger partial charge in [-0.2, -0.15) is 0 Å². The van der Waals surface area contributed by atoms with Crippen LogP contribution >= 0.6 is 0 Å². The van der Waals surface area contributed by atoms with Crippen LogP contribution in [0.25, 0.3) is 0 Å². The van der Waals surface area contributed by atoms with Crippen molar-refractivity contribution in [3.05, 3.63) is 29.8 Å². The summed E-state index contributed by atoms with van der Waals surface area (Å²) in [5.74, 6) is -0.114. The number of nitrogens with two attached hydrogens (primary N) is 5. The van der Waals surface area contributed by atoms with Crippen molar-refractivity contribution in [3.8, 4) is 0 Å². The van der Waals surface area contributed by atoms with Crippen LogP contribution in [-0.4, -0.2) is 85.1 Å². The Bertz CT molecular complexity index is 1070. The monoisotopic (exact) mass is 688 g/mol. The predicted octanol–water partition coefficient (Wildman–Crippen LogP) is 2.04. The number of hydrogen-bond donors (Lipinski definition) is 10. The van der Waals surface area contributed by atoms with E-state index in [1.807, 2.05) is 31.2 Å². The Morgan fingerprint density at radius 3 is 1.57 bits per heavy atom. The van der Waals surface area contributed by atoms with Crippen LogP contribution in [0, 0.1) is 10.8 Å². The molecular formula is C35H65N11O3. The second kappa shape index (κ2) is 26.3. The number of carbonyl (C=O) groups is 3. The molecular weight excluding hydrogens is 622 g/mol. The van der Waals surface area contributed by atoms with Crippen LogP contribution in [0.2, 0.25) is 0 Å². The van der Waals surface area contributed by atoms with Crippen molar-refractivity contribution < 1.29 is 14.4 Å². The summed E-state index contributed by atoms with van der Waals surface area (Å²) in [5, 5.41) is 23.3. The number of nitrogens with one attached hydrogen (secondary N) is 5. The molecule has 1 aromatic rings. The van der Waals surface area contributed by atoms with Crippen LogP contribution in [-0.2, 0) is 20.8 Å². The molecule has 14 heteroatoms. The quantitative estimate of drug-likeness (QED) is 0.0335. The van der Waals surface area contributed by atoms with Crippen molar-refractivity contribution in [2.75, 3.05) is 38.0 Å². The number of hydrogen-bond acceptors (Lipinski definition) is 9. The number of amidine groups is 2. The van der Waals surface area contributed by atoms with Crippen molar-refractivity contribution in [2.45, 2.75) is 121 Å². The molecule has 0 aliphatic carbocycles. The van der Waals surface area contributed by atoms with Gasteiger partial charge in [0, 0.05) is 31.6 Å². The van der Waals surface area contributed by atoms with Crippen molar-refractivity contribution in [3.63, 3.8) is 0 Å². The highest BCUT2D eigenvalue weighted by Crippen LogP contribution is 2.13. The van der Waals surface area contributed by atoms with Gasteiger partial charge in [0.25, 0.3) is 0 Å². The second-order valence-electron chi connectivity index (χ2n) is 12.9. The largest absolute Gasteiger partial charge is 0.388 e. The predicted molar refractivity (Wildman–Crippen MR) is 199 cm³/mol. The summed E-state index contributed by atoms with van der Waals surface area (Å²) >= 11 is 0. The van der Waals surface area contributed by atoms with Gasteiger partial charge in [-0.25, -0.2) is 0 Å². The first-order valence-corrected chi connectivity index (χ1v) is 18.0.